The van der Waals surface area contributed by atoms with E-state index in [0.717, 1.165) is 16.5 Å². The molecular formula is C27H24BrClN2O5S. The number of ether oxygens (including phenoxy) is 1. The number of para-hydroxylation sites is 1. The number of rotatable bonds is 8. The highest BCUT2D eigenvalue weighted by Crippen LogP contribution is 2.62. The molecule has 2 aliphatic carbocycles. The SMILES string of the molecule is CCN(c1ccccc1)S(=O)(=O)c1cc(NC(=O)COC(=O)C2C3Cc4ccc(Br)cc4C32)ccc1Cl. The number of amides is 1. The second-order valence-corrected chi connectivity index (χ2v) is 12.2. The molecule has 3 atom stereocenters. The van der Waals surface area contributed by atoms with Crippen molar-refractivity contribution in [3.8, 4) is 0 Å². The second-order valence-electron chi connectivity index (χ2n) is 9.07. The van der Waals surface area contributed by atoms with Crippen LogP contribution >= 0.6 is 27.5 Å². The lowest BCUT2D eigenvalue weighted by Gasteiger charge is -2.23. The van der Waals surface area contributed by atoms with Crippen LogP contribution in [-0.2, 0) is 30.8 Å². The minimum atomic E-state index is -4.00. The Morgan fingerprint density at radius 2 is 1.86 bits per heavy atom. The first-order valence-electron chi connectivity index (χ1n) is 11.8. The summed E-state index contributed by atoms with van der Waals surface area (Å²) in [4.78, 5) is 25.0. The molecule has 7 nitrogen and oxygen atoms in total. The number of nitrogens with one attached hydrogen (secondary N) is 1. The number of hydrogen-bond donors (Lipinski definition) is 1. The molecule has 1 fully saturated rings. The van der Waals surface area contributed by atoms with Gasteiger partial charge in [0.1, 0.15) is 4.90 Å². The summed E-state index contributed by atoms with van der Waals surface area (Å²) >= 11 is 9.73. The average molecular weight is 604 g/mol. The van der Waals surface area contributed by atoms with Gasteiger partial charge < -0.3 is 10.1 Å². The van der Waals surface area contributed by atoms with E-state index in [2.05, 4.69) is 27.3 Å². The molecule has 192 valence electrons. The molecule has 10 heteroatoms. The molecule has 1 N–H and O–H groups in total. The smallest absolute Gasteiger partial charge is 0.310 e. The van der Waals surface area contributed by atoms with Crippen molar-refractivity contribution in [2.75, 3.05) is 22.8 Å². The Morgan fingerprint density at radius 1 is 1.11 bits per heavy atom. The van der Waals surface area contributed by atoms with Crippen molar-refractivity contribution in [2.24, 2.45) is 11.8 Å². The fourth-order valence-electron chi connectivity index (χ4n) is 5.10. The molecule has 0 saturated heterocycles. The number of fused-ring (bicyclic) bond motifs is 3. The largest absolute Gasteiger partial charge is 0.455 e. The van der Waals surface area contributed by atoms with Crippen LogP contribution in [-0.4, -0.2) is 33.4 Å². The van der Waals surface area contributed by atoms with Gasteiger partial charge in [0.2, 0.25) is 0 Å². The van der Waals surface area contributed by atoms with Gasteiger partial charge in [-0.15, -0.1) is 0 Å². The van der Waals surface area contributed by atoms with Gasteiger partial charge in [-0.3, -0.25) is 13.9 Å². The zero-order valence-corrected chi connectivity index (χ0v) is 23.0. The maximum atomic E-state index is 13.4. The first kappa shape index (κ1) is 25.8. The van der Waals surface area contributed by atoms with Crippen molar-refractivity contribution in [2.45, 2.75) is 24.2 Å². The lowest BCUT2D eigenvalue weighted by atomic mass is 10.0. The van der Waals surface area contributed by atoms with Crippen molar-refractivity contribution in [1.29, 1.82) is 0 Å². The van der Waals surface area contributed by atoms with E-state index < -0.39 is 28.5 Å². The van der Waals surface area contributed by atoms with E-state index in [0.29, 0.717) is 5.69 Å². The number of carbonyl (C=O) groups excluding carboxylic acids is 2. The van der Waals surface area contributed by atoms with Gasteiger partial charge in [-0.2, -0.15) is 0 Å². The summed E-state index contributed by atoms with van der Waals surface area (Å²) in [6, 6.07) is 19.0. The van der Waals surface area contributed by atoms with Crippen LogP contribution in [0.4, 0.5) is 11.4 Å². The van der Waals surface area contributed by atoms with E-state index in [1.54, 1.807) is 37.3 Å². The molecule has 0 bridgehead atoms. The first-order chi connectivity index (χ1) is 17.7. The quantitative estimate of drug-likeness (QED) is 0.349. The van der Waals surface area contributed by atoms with Gasteiger partial charge in [0, 0.05) is 22.6 Å². The number of halogens is 2. The summed E-state index contributed by atoms with van der Waals surface area (Å²) in [7, 11) is -4.00. The van der Waals surface area contributed by atoms with Crippen LogP contribution in [0.1, 0.15) is 24.0 Å². The highest BCUT2D eigenvalue weighted by molar-refractivity contribution is 9.10. The van der Waals surface area contributed by atoms with E-state index in [9.17, 15) is 18.0 Å². The fraction of sp³-hybridized carbons (Fsp3) is 0.259. The maximum absolute atomic E-state index is 13.4. The molecule has 3 aromatic carbocycles. The van der Waals surface area contributed by atoms with Gasteiger partial charge >= 0.3 is 5.97 Å². The average Bonchev–Trinajstić information content (AvgIpc) is 3.47. The van der Waals surface area contributed by atoms with Gasteiger partial charge in [-0.25, -0.2) is 8.42 Å². The van der Waals surface area contributed by atoms with Crippen LogP contribution in [0.2, 0.25) is 5.02 Å². The molecule has 1 saturated carbocycles. The second kappa shape index (κ2) is 10.1. The Balaban J connectivity index is 1.23. The van der Waals surface area contributed by atoms with Crippen molar-refractivity contribution in [3.05, 3.63) is 87.4 Å². The van der Waals surface area contributed by atoms with Gasteiger partial charge in [0.15, 0.2) is 6.61 Å². The Bertz CT molecular complexity index is 1480. The molecule has 5 rings (SSSR count). The number of benzene rings is 3. The molecule has 0 heterocycles. The van der Waals surface area contributed by atoms with E-state index in [1.807, 2.05) is 12.1 Å². The molecule has 37 heavy (non-hydrogen) atoms. The van der Waals surface area contributed by atoms with Gasteiger partial charge in [0.05, 0.1) is 16.6 Å². The number of carbonyl (C=O) groups is 2. The minimum Gasteiger partial charge on any atom is -0.455 e. The molecule has 0 spiro atoms. The molecule has 1 amide bonds. The Kier molecular flexibility index (Phi) is 7.04. The van der Waals surface area contributed by atoms with E-state index in [1.165, 1.54) is 28.1 Å². The van der Waals surface area contributed by atoms with Crippen LogP contribution in [0, 0.1) is 11.8 Å². The molecular weight excluding hydrogens is 580 g/mol. The van der Waals surface area contributed by atoms with E-state index in [-0.39, 0.29) is 39.9 Å². The number of nitrogens with zero attached hydrogens (tertiary/aromatic N) is 1. The van der Waals surface area contributed by atoms with Crippen LogP contribution in [0.5, 0.6) is 0 Å². The highest BCUT2D eigenvalue weighted by Gasteiger charge is 2.60. The summed E-state index contributed by atoms with van der Waals surface area (Å²) < 4.78 is 34.3. The normalized spacial score (nSPS) is 19.5. The summed E-state index contributed by atoms with van der Waals surface area (Å²) in [6.07, 6.45) is 0.832. The van der Waals surface area contributed by atoms with Gasteiger partial charge in [0.25, 0.3) is 15.9 Å². The summed E-state index contributed by atoms with van der Waals surface area (Å²) in [6.45, 7) is 1.46. The molecule has 2 aliphatic rings. The van der Waals surface area contributed by atoms with Crippen molar-refractivity contribution in [3.63, 3.8) is 0 Å². The predicted octanol–water partition coefficient (Wildman–Crippen LogP) is 5.39. The first-order valence-corrected chi connectivity index (χ1v) is 14.4. The standard InChI is InChI=1S/C27H24BrClN2O5S/c1-2-31(19-6-4-3-5-7-19)37(34,35)23-14-18(10-11-22(23)29)30-24(32)15-36-27(33)26-21-12-16-8-9-17(28)13-20(16)25(21)26/h3-11,13-14,21,25-26H,2,12,15H2,1H3,(H,30,32). The number of sulfonamides is 1. The van der Waals surface area contributed by atoms with Crippen molar-refractivity contribution >= 4 is 60.8 Å². The topological polar surface area (TPSA) is 92.8 Å². The van der Waals surface area contributed by atoms with Gasteiger partial charge in [-0.1, -0.05) is 51.8 Å². The fourth-order valence-corrected chi connectivity index (χ4v) is 7.46. The lowest BCUT2D eigenvalue weighted by Crippen LogP contribution is -2.31. The third kappa shape index (κ3) is 5.00. The maximum Gasteiger partial charge on any atom is 0.310 e. The van der Waals surface area contributed by atoms with Crippen LogP contribution < -0.4 is 9.62 Å². The number of hydrogen-bond acceptors (Lipinski definition) is 5. The predicted molar refractivity (Wildman–Crippen MR) is 145 cm³/mol. The van der Waals surface area contributed by atoms with Crippen LogP contribution in [0.25, 0.3) is 0 Å². The van der Waals surface area contributed by atoms with Gasteiger partial charge in [-0.05, 0) is 72.9 Å². The lowest BCUT2D eigenvalue weighted by molar-refractivity contribution is -0.149. The highest BCUT2D eigenvalue weighted by atomic mass is 79.9. The Hall–Kier alpha value is -2.88. The monoisotopic (exact) mass is 602 g/mol. The van der Waals surface area contributed by atoms with Crippen LogP contribution in [0.3, 0.4) is 0 Å². The van der Waals surface area contributed by atoms with Crippen molar-refractivity contribution in [1.82, 2.24) is 0 Å². The van der Waals surface area contributed by atoms with E-state index in [4.69, 9.17) is 16.3 Å². The molecule has 0 aliphatic heterocycles. The Labute approximate surface area is 228 Å². The summed E-state index contributed by atoms with van der Waals surface area (Å²) in [5.41, 5.74) is 3.15. The summed E-state index contributed by atoms with van der Waals surface area (Å²) in [5.74, 6) is -0.840. The van der Waals surface area contributed by atoms with Crippen molar-refractivity contribution < 1.29 is 22.7 Å². The molecule has 0 radical (unpaired) electrons. The minimum absolute atomic E-state index is 0.0333. The zero-order chi connectivity index (χ0) is 26.3. The number of esters is 1. The molecule has 3 aromatic rings. The zero-order valence-electron chi connectivity index (χ0n) is 19.9. The van der Waals surface area contributed by atoms with Crippen LogP contribution in [0.15, 0.2) is 76.1 Å². The Morgan fingerprint density at radius 3 is 2.59 bits per heavy atom. The molecule has 0 aromatic heterocycles. The summed E-state index contributed by atoms with van der Waals surface area (Å²) in [5, 5.41) is 2.64. The number of anilines is 2. The third-order valence-electron chi connectivity index (χ3n) is 6.82. The van der Waals surface area contributed by atoms with E-state index >= 15 is 0 Å². The molecule has 3 unspecified atom stereocenters. The third-order valence-corrected chi connectivity index (χ3v) is 9.70.